The molecule has 2 aromatic heterocycles. The Labute approximate surface area is 166 Å². The number of amides is 1. The number of anilines is 1. The minimum atomic E-state index is -0.181. The summed E-state index contributed by atoms with van der Waals surface area (Å²) in [4.78, 5) is 33.0. The molecule has 0 aliphatic heterocycles. The number of carbonyl (C=O) groups is 1. The third-order valence-electron chi connectivity index (χ3n) is 5.64. The highest BCUT2D eigenvalue weighted by Gasteiger charge is 2.22. The van der Waals surface area contributed by atoms with E-state index in [1.165, 1.54) is 23.9 Å². The van der Waals surface area contributed by atoms with Crippen molar-refractivity contribution in [2.24, 2.45) is 7.05 Å². The molecule has 1 aliphatic rings. The first kappa shape index (κ1) is 17.6. The quantitative estimate of drug-likeness (QED) is 0.562. The van der Waals surface area contributed by atoms with E-state index in [2.05, 4.69) is 20.4 Å². The second-order valence-electron chi connectivity index (χ2n) is 7.63. The van der Waals surface area contributed by atoms with Crippen LogP contribution in [0.4, 0.5) is 5.69 Å². The Morgan fingerprint density at radius 1 is 1.21 bits per heavy atom. The summed E-state index contributed by atoms with van der Waals surface area (Å²) >= 11 is 0. The molecule has 0 radical (unpaired) electrons. The van der Waals surface area contributed by atoms with Gasteiger partial charge in [0, 0.05) is 24.0 Å². The van der Waals surface area contributed by atoms with Crippen LogP contribution in [-0.2, 0) is 18.3 Å². The highest BCUT2D eigenvalue weighted by Crippen LogP contribution is 2.35. The summed E-state index contributed by atoms with van der Waals surface area (Å²) in [6, 6.07) is 12.9. The van der Waals surface area contributed by atoms with Gasteiger partial charge in [0.15, 0.2) is 0 Å². The first-order valence-corrected chi connectivity index (χ1v) is 9.83. The predicted octanol–water partition coefficient (Wildman–Crippen LogP) is 3.26. The zero-order chi connectivity index (χ0) is 20.0. The lowest BCUT2D eigenvalue weighted by Gasteiger charge is -2.22. The number of nitrogens with one attached hydrogen (secondary N) is 2. The third-order valence-corrected chi connectivity index (χ3v) is 5.64. The fourth-order valence-corrected chi connectivity index (χ4v) is 3.85. The number of aryl methyl sites for hydroxylation is 1. The maximum atomic E-state index is 12.7. The third kappa shape index (κ3) is 3.18. The lowest BCUT2D eigenvalue weighted by atomic mass is 9.85. The molecule has 0 spiro atoms. The van der Waals surface area contributed by atoms with Gasteiger partial charge in [0.1, 0.15) is 5.82 Å². The number of carbonyl (C=O) groups excluding carboxylic acids is 1. The first-order chi connectivity index (χ1) is 14.1. The number of imidazole rings is 1. The molecule has 1 fully saturated rings. The van der Waals surface area contributed by atoms with Gasteiger partial charge in [0.05, 0.1) is 28.5 Å². The van der Waals surface area contributed by atoms with E-state index in [0.717, 1.165) is 16.9 Å². The van der Waals surface area contributed by atoms with Crippen LogP contribution in [0.25, 0.3) is 21.8 Å². The topological polar surface area (TPSA) is 92.7 Å². The van der Waals surface area contributed by atoms with Crippen LogP contribution in [0, 0.1) is 0 Å². The van der Waals surface area contributed by atoms with E-state index in [1.54, 1.807) is 13.1 Å². The zero-order valence-corrected chi connectivity index (χ0v) is 16.1. The second kappa shape index (κ2) is 6.84. The molecule has 0 bridgehead atoms. The summed E-state index contributed by atoms with van der Waals surface area (Å²) in [7, 11) is 1.60. The van der Waals surface area contributed by atoms with Crippen molar-refractivity contribution >= 4 is 33.4 Å². The summed E-state index contributed by atoms with van der Waals surface area (Å²) in [5.41, 5.74) is 2.96. The molecule has 1 saturated carbocycles. The van der Waals surface area contributed by atoms with Crippen LogP contribution in [0.1, 0.15) is 36.7 Å². The number of aromatic amines is 1. The molecule has 2 aromatic carbocycles. The van der Waals surface area contributed by atoms with Crippen molar-refractivity contribution in [3.63, 3.8) is 0 Å². The molecule has 7 heteroatoms. The van der Waals surface area contributed by atoms with E-state index >= 15 is 0 Å². The maximum absolute atomic E-state index is 12.7. The Balaban J connectivity index is 1.39. The molecule has 0 saturated heterocycles. The number of fused-ring (bicyclic) bond motifs is 2. The van der Waals surface area contributed by atoms with Crippen molar-refractivity contribution in [1.29, 1.82) is 0 Å². The highest BCUT2D eigenvalue weighted by molar-refractivity contribution is 5.96. The van der Waals surface area contributed by atoms with Crippen LogP contribution < -0.4 is 10.9 Å². The predicted molar refractivity (Wildman–Crippen MR) is 112 cm³/mol. The Morgan fingerprint density at radius 3 is 2.76 bits per heavy atom. The largest absolute Gasteiger partial charge is 0.342 e. The van der Waals surface area contributed by atoms with Crippen molar-refractivity contribution in [1.82, 2.24) is 19.7 Å². The van der Waals surface area contributed by atoms with Gasteiger partial charge in [-0.25, -0.2) is 9.67 Å². The Kier molecular flexibility index (Phi) is 4.16. The van der Waals surface area contributed by atoms with Gasteiger partial charge < -0.3 is 10.3 Å². The van der Waals surface area contributed by atoms with E-state index < -0.39 is 0 Å². The molecule has 7 nitrogen and oxygen atoms in total. The number of hydrogen-bond acceptors (Lipinski definition) is 4. The lowest BCUT2D eigenvalue weighted by molar-refractivity contribution is -0.115. The Hall–Kier alpha value is -3.48. The summed E-state index contributed by atoms with van der Waals surface area (Å²) in [6.07, 6.45) is 3.72. The first-order valence-electron chi connectivity index (χ1n) is 9.83. The van der Waals surface area contributed by atoms with Crippen molar-refractivity contribution in [2.45, 2.75) is 31.6 Å². The smallest absolute Gasteiger partial charge is 0.274 e. The van der Waals surface area contributed by atoms with Gasteiger partial charge >= 0.3 is 0 Å². The van der Waals surface area contributed by atoms with Gasteiger partial charge in [-0.2, -0.15) is 5.10 Å². The molecule has 1 aliphatic carbocycles. The molecule has 1 amide bonds. The van der Waals surface area contributed by atoms with Gasteiger partial charge in [-0.3, -0.25) is 9.59 Å². The Bertz CT molecular complexity index is 1300. The van der Waals surface area contributed by atoms with E-state index in [1.807, 2.05) is 36.4 Å². The highest BCUT2D eigenvalue weighted by atomic mass is 16.1. The van der Waals surface area contributed by atoms with E-state index in [-0.39, 0.29) is 17.9 Å². The normalized spacial score (nSPS) is 14.2. The van der Waals surface area contributed by atoms with Crippen LogP contribution in [-0.4, -0.2) is 25.7 Å². The molecule has 0 atom stereocenters. The van der Waals surface area contributed by atoms with Crippen LogP contribution in [0.3, 0.4) is 0 Å². The van der Waals surface area contributed by atoms with Crippen molar-refractivity contribution in [2.75, 3.05) is 5.32 Å². The molecule has 4 aromatic rings. The number of aromatic nitrogens is 4. The lowest BCUT2D eigenvalue weighted by Crippen LogP contribution is -2.24. The number of benzene rings is 2. The fraction of sp³-hybridized carbons (Fsp3) is 0.273. The van der Waals surface area contributed by atoms with Gasteiger partial charge in [-0.1, -0.05) is 24.6 Å². The SMILES string of the molecule is Cn1nc(CC(=O)Nc2ccc3nc(C4CCC4)[nH]c3c2)c2ccccc2c1=O. The van der Waals surface area contributed by atoms with Gasteiger partial charge in [0.25, 0.3) is 5.56 Å². The van der Waals surface area contributed by atoms with Gasteiger partial charge in [-0.05, 0) is 37.1 Å². The molecule has 0 unspecified atom stereocenters. The van der Waals surface area contributed by atoms with Crippen LogP contribution in [0.2, 0.25) is 0 Å². The van der Waals surface area contributed by atoms with Crippen molar-refractivity contribution < 1.29 is 4.79 Å². The molecule has 2 N–H and O–H groups in total. The average Bonchev–Trinajstić information content (AvgIpc) is 3.07. The summed E-state index contributed by atoms with van der Waals surface area (Å²) in [5, 5.41) is 8.51. The van der Waals surface area contributed by atoms with E-state index in [4.69, 9.17) is 0 Å². The maximum Gasteiger partial charge on any atom is 0.274 e. The van der Waals surface area contributed by atoms with Crippen LogP contribution in [0.15, 0.2) is 47.3 Å². The van der Waals surface area contributed by atoms with E-state index in [0.29, 0.717) is 28.1 Å². The number of H-pyrrole nitrogens is 1. The van der Waals surface area contributed by atoms with Gasteiger partial charge in [-0.15, -0.1) is 0 Å². The minimum absolute atomic E-state index is 0.0863. The molecule has 146 valence electrons. The molecular weight excluding hydrogens is 366 g/mol. The van der Waals surface area contributed by atoms with Crippen molar-refractivity contribution in [3.8, 4) is 0 Å². The molecule has 5 rings (SSSR count). The Morgan fingerprint density at radius 2 is 2.00 bits per heavy atom. The number of rotatable bonds is 4. The van der Waals surface area contributed by atoms with Crippen LogP contribution >= 0.6 is 0 Å². The standard InChI is InChI=1S/C22H21N5O2/c1-27-22(29)16-8-3-2-7-15(16)18(26-27)12-20(28)23-14-9-10-17-19(11-14)25-21(24-17)13-5-4-6-13/h2-3,7-11,13H,4-6,12H2,1H3,(H,23,28)(H,24,25). The second-order valence-corrected chi connectivity index (χ2v) is 7.63. The monoisotopic (exact) mass is 387 g/mol. The zero-order valence-electron chi connectivity index (χ0n) is 16.1. The van der Waals surface area contributed by atoms with Crippen LogP contribution in [0.5, 0.6) is 0 Å². The summed E-state index contributed by atoms with van der Waals surface area (Å²) < 4.78 is 1.28. The summed E-state index contributed by atoms with van der Waals surface area (Å²) in [5.74, 6) is 1.39. The summed E-state index contributed by atoms with van der Waals surface area (Å²) in [6.45, 7) is 0. The van der Waals surface area contributed by atoms with Crippen molar-refractivity contribution in [3.05, 3.63) is 64.3 Å². The average molecular weight is 387 g/mol. The van der Waals surface area contributed by atoms with E-state index in [9.17, 15) is 9.59 Å². The number of nitrogens with zero attached hydrogens (tertiary/aromatic N) is 3. The fourth-order valence-electron chi connectivity index (χ4n) is 3.85. The minimum Gasteiger partial charge on any atom is -0.342 e. The molecule has 29 heavy (non-hydrogen) atoms. The van der Waals surface area contributed by atoms with Gasteiger partial charge in [0.2, 0.25) is 5.91 Å². The number of hydrogen-bond donors (Lipinski definition) is 2. The molecular formula is C22H21N5O2. The molecule has 2 heterocycles.